The second-order valence-electron chi connectivity index (χ2n) is 4.26. The Hall–Kier alpha value is -0.160. The van der Waals surface area contributed by atoms with Crippen LogP contribution in [0.3, 0.4) is 0 Å². The van der Waals surface area contributed by atoms with Gasteiger partial charge in [-0.25, -0.2) is 0 Å². The van der Waals surface area contributed by atoms with Crippen molar-refractivity contribution in [2.45, 2.75) is 38.6 Å². The summed E-state index contributed by atoms with van der Waals surface area (Å²) in [5.74, 6) is 0. The zero-order valence-electron chi connectivity index (χ0n) is 11.7. The molecule has 0 saturated carbocycles. The molecular weight excluding hydrogens is 218 g/mol. The summed E-state index contributed by atoms with van der Waals surface area (Å²) in [6.07, 6.45) is 4.57. The first kappa shape index (κ1) is 16.8. The van der Waals surface area contributed by atoms with Gasteiger partial charge in [-0.05, 0) is 39.7 Å². The lowest BCUT2D eigenvalue weighted by Gasteiger charge is -2.09. The molecular formula is C13H29NO3. The number of methoxy groups -OCH3 is 1. The molecule has 17 heavy (non-hydrogen) atoms. The van der Waals surface area contributed by atoms with Gasteiger partial charge in [-0.15, -0.1) is 0 Å². The van der Waals surface area contributed by atoms with E-state index in [0.29, 0.717) is 19.3 Å². The molecule has 0 bridgehead atoms. The number of nitrogens with one attached hydrogen (secondary N) is 1. The molecule has 0 heterocycles. The van der Waals surface area contributed by atoms with Gasteiger partial charge in [0.05, 0.1) is 13.2 Å². The lowest BCUT2D eigenvalue weighted by atomic mass is 10.1. The Morgan fingerprint density at radius 3 is 2.18 bits per heavy atom. The number of hydrogen-bond donors (Lipinski definition) is 1. The highest BCUT2D eigenvalue weighted by atomic mass is 16.5. The van der Waals surface area contributed by atoms with Crippen molar-refractivity contribution < 1.29 is 14.2 Å². The normalized spacial score (nSPS) is 12.9. The summed E-state index contributed by atoms with van der Waals surface area (Å²) in [5.41, 5.74) is 0. The SMILES string of the molecule is CNC(C)CCCCOCCCOCCOC. The van der Waals surface area contributed by atoms with E-state index >= 15 is 0 Å². The van der Waals surface area contributed by atoms with Crippen molar-refractivity contribution in [1.29, 1.82) is 0 Å². The van der Waals surface area contributed by atoms with E-state index in [0.717, 1.165) is 32.7 Å². The van der Waals surface area contributed by atoms with Crippen LogP contribution in [-0.2, 0) is 14.2 Å². The van der Waals surface area contributed by atoms with Crippen molar-refractivity contribution in [3.8, 4) is 0 Å². The third-order valence-corrected chi connectivity index (χ3v) is 2.68. The molecule has 0 radical (unpaired) electrons. The molecule has 0 saturated heterocycles. The fourth-order valence-corrected chi connectivity index (χ4v) is 1.41. The van der Waals surface area contributed by atoms with E-state index in [2.05, 4.69) is 12.2 Å². The van der Waals surface area contributed by atoms with Crippen LogP contribution in [0.4, 0.5) is 0 Å². The minimum atomic E-state index is 0.615. The second-order valence-corrected chi connectivity index (χ2v) is 4.26. The van der Waals surface area contributed by atoms with E-state index in [1.165, 1.54) is 12.8 Å². The van der Waals surface area contributed by atoms with Crippen LogP contribution in [0.15, 0.2) is 0 Å². The Kier molecular flexibility index (Phi) is 13.8. The molecule has 0 aliphatic rings. The number of hydrogen-bond acceptors (Lipinski definition) is 4. The molecule has 0 fully saturated rings. The first-order chi connectivity index (χ1) is 8.31. The number of ether oxygens (including phenoxy) is 3. The molecule has 0 aliphatic carbocycles. The van der Waals surface area contributed by atoms with Crippen LogP contribution in [0, 0.1) is 0 Å². The molecule has 0 aromatic heterocycles. The minimum Gasteiger partial charge on any atom is -0.382 e. The maximum absolute atomic E-state index is 5.52. The quantitative estimate of drug-likeness (QED) is 0.504. The van der Waals surface area contributed by atoms with Gasteiger partial charge in [0.2, 0.25) is 0 Å². The molecule has 4 heteroatoms. The van der Waals surface area contributed by atoms with Crippen molar-refractivity contribution >= 4 is 0 Å². The number of unbranched alkanes of at least 4 members (excludes halogenated alkanes) is 1. The van der Waals surface area contributed by atoms with E-state index in [9.17, 15) is 0 Å². The van der Waals surface area contributed by atoms with Crippen molar-refractivity contribution in [3.05, 3.63) is 0 Å². The minimum absolute atomic E-state index is 0.615. The summed E-state index contributed by atoms with van der Waals surface area (Å²) in [7, 11) is 3.69. The van der Waals surface area contributed by atoms with Gasteiger partial charge >= 0.3 is 0 Å². The summed E-state index contributed by atoms with van der Waals surface area (Å²) in [6, 6.07) is 0.615. The van der Waals surface area contributed by atoms with Gasteiger partial charge in [0.1, 0.15) is 0 Å². The van der Waals surface area contributed by atoms with Crippen LogP contribution < -0.4 is 5.32 Å². The third-order valence-electron chi connectivity index (χ3n) is 2.68. The van der Waals surface area contributed by atoms with Gasteiger partial charge in [0, 0.05) is 33.0 Å². The molecule has 0 aromatic rings. The summed E-state index contributed by atoms with van der Waals surface area (Å²) >= 11 is 0. The predicted octanol–water partition coefficient (Wildman–Crippen LogP) is 1.83. The van der Waals surface area contributed by atoms with Crippen molar-refractivity contribution in [2.75, 3.05) is 47.2 Å². The van der Waals surface area contributed by atoms with Gasteiger partial charge in [0.15, 0.2) is 0 Å². The smallest absolute Gasteiger partial charge is 0.0700 e. The Balaban J connectivity index is 2.94. The highest BCUT2D eigenvalue weighted by molar-refractivity contribution is 4.56. The fraction of sp³-hybridized carbons (Fsp3) is 1.00. The largest absolute Gasteiger partial charge is 0.382 e. The monoisotopic (exact) mass is 247 g/mol. The van der Waals surface area contributed by atoms with Crippen LogP contribution in [0.1, 0.15) is 32.6 Å². The lowest BCUT2D eigenvalue weighted by molar-refractivity contribution is 0.0508. The van der Waals surface area contributed by atoms with Crippen LogP contribution >= 0.6 is 0 Å². The maximum atomic E-state index is 5.52. The average molecular weight is 247 g/mol. The molecule has 0 aromatic carbocycles. The highest BCUT2D eigenvalue weighted by Crippen LogP contribution is 2.00. The van der Waals surface area contributed by atoms with E-state index < -0.39 is 0 Å². The van der Waals surface area contributed by atoms with Crippen molar-refractivity contribution in [1.82, 2.24) is 5.32 Å². The molecule has 1 N–H and O–H groups in total. The summed E-state index contributed by atoms with van der Waals surface area (Å²) in [4.78, 5) is 0. The molecule has 0 spiro atoms. The van der Waals surface area contributed by atoms with Gasteiger partial charge < -0.3 is 19.5 Å². The molecule has 1 atom stereocenters. The molecule has 0 aliphatic heterocycles. The Morgan fingerprint density at radius 1 is 0.882 bits per heavy atom. The standard InChI is InChI=1S/C13H29NO3/c1-13(14-2)7-4-5-8-16-9-6-10-17-12-11-15-3/h13-14H,4-12H2,1-3H3. The Labute approximate surface area is 106 Å². The maximum Gasteiger partial charge on any atom is 0.0700 e. The first-order valence-corrected chi connectivity index (χ1v) is 6.63. The van der Waals surface area contributed by atoms with Crippen LogP contribution in [0.5, 0.6) is 0 Å². The van der Waals surface area contributed by atoms with Crippen LogP contribution in [0.2, 0.25) is 0 Å². The van der Waals surface area contributed by atoms with Crippen molar-refractivity contribution in [3.63, 3.8) is 0 Å². The van der Waals surface area contributed by atoms with Gasteiger partial charge in [-0.2, -0.15) is 0 Å². The third kappa shape index (κ3) is 13.8. The van der Waals surface area contributed by atoms with E-state index in [1.807, 2.05) is 7.05 Å². The van der Waals surface area contributed by atoms with Gasteiger partial charge in [0.25, 0.3) is 0 Å². The van der Waals surface area contributed by atoms with Crippen LogP contribution in [0.25, 0.3) is 0 Å². The first-order valence-electron chi connectivity index (χ1n) is 6.63. The van der Waals surface area contributed by atoms with Gasteiger partial charge in [-0.1, -0.05) is 0 Å². The topological polar surface area (TPSA) is 39.7 Å². The fourth-order valence-electron chi connectivity index (χ4n) is 1.41. The molecule has 0 amide bonds. The molecule has 104 valence electrons. The van der Waals surface area contributed by atoms with E-state index in [1.54, 1.807) is 7.11 Å². The van der Waals surface area contributed by atoms with Crippen LogP contribution in [-0.4, -0.2) is 53.2 Å². The molecule has 0 rings (SSSR count). The highest BCUT2D eigenvalue weighted by Gasteiger charge is 1.97. The predicted molar refractivity (Wildman–Crippen MR) is 70.5 cm³/mol. The lowest BCUT2D eigenvalue weighted by Crippen LogP contribution is -2.20. The second kappa shape index (κ2) is 13.9. The summed E-state index contributed by atoms with van der Waals surface area (Å²) in [5, 5.41) is 3.23. The van der Waals surface area contributed by atoms with Crippen molar-refractivity contribution in [2.24, 2.45) is 0 Å². The summed E-state index contributed by atoms with van der Waals surface area (Å²) < 4.78 is 15.7. The summed E-state index contributed by atoms with van der Waals surface area (Å²) in [6.45, 7) is 5.99. The molecule has 4 nitrogen and oxygen atoms in total. The number of rotatable bonds is 13. The zero-order chi connectivity index (χ0) is 12.8. The van der Waals surface area contributed by atoms with E-state index in [-0.39, 0.29) is 0 Å². The van der Waals surface area contributed by atoms with E-state index in [4.69, 9.17) is 14.2 Å². The Morgan fingerprint density at radius 2 is 1.53 bits per heavy atom. The molecule has 1 unspecified atom stereocenters. The van der Waals surface area contributed by atoms with Gasteiger partial charge in [-0.3, -0.25) is 0 Å². The Bertz CT molecular complexity index is 145. The average Bonchev–Trinajstić information content (AvgIpc) is 2.35. The zero-order valence-corrected chi connectivity index (χ0v) is 11.7.